The number of carbonyl (C=O) groups is 1. The Morgan fingerprint density at radius 3 is 2.59 bits per heavy atom. The standard InChI is InChI=1S/C14H25NO2/c1-11-4-2-3-5-13(11)15-14(16)10-12-6-8-17-9-7-12/h11-13H,2-10H2,1H3,(H,15,16). The van der Waals surface area contributed by atoms with E-state index in [1.807, 2.05) is 0 Å². The second-order valence-corrected chi connectivity index (χ2v) is 5.70. The van der Waals surface area contributed by atoms with Crippen LogP contribution in [0.2, 0.25) is 0 Å². The molecule has 0 aromatic rings. The molecule has 1 amide bonds. The van der Waals surface area contributed by atoms with Gasteiger partial charge in [0.15, 0.2) is 0 Å². The number of hydrogen-bond acceptors (Lipinski definition) is 2. The van der Waals surface area contributed by atoms with Crippen molar-refractivity contribution < 1.29 is 9.53 Å². The lowest BCUT2D eigenvalue weighted by Crippen LogP contribution is -2.41. The van der Waals surface area contributed by atoms with Gasteiger partial charge >= 0.3 is 0 Å². The molecule has 1 aliphatic carbocycles. The summed E-state index contributed by atoms with van der Waals surface area (Å²) in [5.41, 5.74) is 0. The zero-order valence-electron chi connectivity index (χ0n) is 10.9. The van der Waals surface area contributed by atoms with Gasteiger partial charge in [0.1, 0.15) is 0 Å². The van der Waals surface area contributed by atoms with E-state index >= 15 is 0 Å². The van der Waals surface area contributed by atoms with E-state index < -0.39 is 0 Å². The SMILES string of the molecule is CC1CCCCC1NC(=O)CC1CCOCC1. The molecule has 2 fully saturated rings. The van der Waals surface area contributed by atoms with Crippen molar-refractivity contribution in [1.29, 1.82) is 0 Å². The molecular formula is C14H25NO2. The van der Waals surface area contributed by atoms with E-state index in [9.17, 15) is 4.79 Å². The van der Waals surface area contributed by atoms with E-state index in [4.69, 9.17) is 4.74 Å². The molecule has 0 radical (unpaired) electrons. The van der Waals surface area contributed by atoms with Crippen LogP contribution in [0.25, 0.3) is 0 Å². The largest absolute Gasteiger partial charge is 0.381 e. The van der Waals surface area contributed by atoms with Gasteiger partial charge in [0.25, 0.3) is 0 Å². The third-order valence-corrected chi connectivity index (χ3v) is 4.27. The Morgan fingerprint density at radius 2 is 1.88 bits per heavy atom. The lowest BCUT2D eigenvalue weighted by Gasteiger charge is -2.30. The minimum atomic E-state index is 0.260. The van der Waals surface area contributed by atoms with Gasteiger partial charge in [0.2, 0.25) is 5.91 Å². The number of ether oxygens (including phenoxy) is 1. The Bertz CT molecular complexity index is 249. The van der Waals surface area contributed by atoms with Crippen LogP contribution in [0, 0.1) is 11.8 Å². The lowest BCUT2D eigenvalue weighted by molar-refractivity contribution is -0.124. The van der Waals surface area contributed by atoms with Crippen LogP contribution in [-0.4, -0.2) is 25.2 Å². The normalized spacial score (nSPS) is 31.1. The highest BCUT2D eigenvalue weighted by atomic mass is 16.5. The molecule has 3 nitrogen and oxygen atoms in total. The molecule has 0 aromatic carbocycles. The van der Waals surface area contributed by atoms with Crippen LogP contribution in [0.5, 0.6) is 0 Å². The summed E-state index contributed by atoms with van der Waals surface area (Å²) < 4.78 is 5.32. The van der Waals surface area contributed by atoms with Crippen LogP contribution in [0.15, 0.2) is 0 Å². The maximum Gasteiger partial charge on any atom is 0.220 e. The summed E-state index contributed by atoms with van der Waals surface area (Å²) in [7, 11) is 0. The highest BCUT2D eigenvalue weighted by Gasteiger charge is 2.24. The molecule has 17 heavy (non-hydrogen) atoms. The van der Waals surface area contributed by atoms with Crippen molar-refractivity contribution in [2.75, 3.05) is 13.2 Å². The number of hydrogen-bond donors (Lipinski definition) is 1. The quantitative estimate of drug-likeness (QED) is 0.821. The molecule has 1 heterocycles. The van der Waals surface area contributed by atoms with Gasteiger partial charge in [-0.25, -0.2) is 0 Å². The predicted octanol–water partition coefficient (Wildman–Crippen LogP) is 2.50. The van der Waals surface area contributed by atoms with E-state index in [0.717, 1.165) is 26.1 Å². The molecule has 0 aromatic heterocycles. The Balaban J connectivity index is 1.72. The molecule has 3 heteroatoms. The van der Waals surface area contributed by atoms with E-state index in [1.165, 1.54) is 25.7 Å². The van der Waals surface area contributed by atoms with Crippen LogP contribution in [0.3, 0.4) is 0 Å². The maximum absolute atomic E-state index is 12.0. The first kappa shape index (κ1) is 12.9. The molecule has 2 rings (SSSR count). The summed E-state index contributed by atoms with van der Waals surface area (Å²) in [5, 5.41) is 3.24. The van der Waals surface area contributed by atoms with Gasteiger partial charge in [-0.2, -0.15) is 0 Å². The number of amides is 1. The van der Waals surface area contributed by atoms with Gasteiger partial charge in [0, 0.05) is 25.7 Å². The molecule has 1 saturated heterocycles. The maximum atomic E-state index is 12.0. The van der Waals surface area contributed by atoms with Gasteiger partial charge in [-0.15, -0.1) is 0 Å². The highest BCUT2D eigenvalue weighted by molar-refractivity contribution is 5.76. The topological polar surface area (TPSA) is 38.3 Å². The molecule has 0 bridgehead atoms. The van der Waals surface area contributed by atoms with E-state index in [1.54, 1.807) is 0 Å². The molecule has 2 unspecified atom stereocenters. The summed E-state index contributed by atoms with van der Waals surface area (Å²) in [4.78, 5) is 12.0. The molecule has 1 N–H and O–H groups in total. The van der Waals surface area contributed by atoms with E-state index in [0.29, 0.717) is 24.3 Å². The van der Waals surface area contributed by atoms with Crippen LogP contribution in [0.1, 0.15) is 51.9 Å². The fraction of sp³-hybridized carbons (Fsp3) is 0.929. The number of nitrogens with one attached hydrogen (secondary N) is 1. The van der Waals surface area contributed by atoms with Crippen molar-refractivity contribution in [1.82, 2.24) is 5.32 Å². The van der Waals surface area contributed by atoms with Crippen LogP contribution >= 0.6 is 0 Å². The summed E-state index contributed by atoms with van der Waals surface area (Å²) in [6.45, 7) is 3.92. The van der Waals surface area contributed by atoms with Crippen LogP contribution in [-0.2, 0) is 9.53 Å². The van der Waals surface area contributed by atoms with E-state index in [2.05, 4.69) is 12.2 Å². The van der Waals surface area contributed by atoms with Crippen molar-refractivity contribution in [2.24, 2.45) is 11.8 Å². The average molecular weight is 239 g/mol. The Morgan fingerprint density at radius 1 is 1.18 bits per heavy atom. The zero-order chi connectivity index (χ0) is 12.1. The summed E-state index contributed by atoms with van der Waals surface area (Å²) in [6.07, 6.45) is 7.83. The van der Waals surface area contributed by atoms with Crippen molar-refractivity contribution in [3.63, 3.8) is 0 Å². The van der Waals surface area contributed by atoms with Gasteiger partial charge in [-0.05, 0) is 37.5 Å². The summed E-state index contributed by atoms with van der Waals surface area (Å²) >= 11 is 0. The number of carbonyl (C=O) groups excluding carboxylic acids is 1. The molecule has 2 aliphatic rings. The third-order valence-electron chi connectivity index (χ3n) is 4.27. The fourth-order valence-electron chi connectivity index (χ4n) is 3.01. The second-order valence-electron chi connectivity index (χ2n) is 5.70. The summed E-state index contributed by atoms with van der Waals surface area (Å²) in [6, 6.07) is 0.427. The lowest BCUT2D eigenvalue weighted by atomic mass is 9.85. The van der Waals surface area contributed by atoms with Crippen LogP contribution < -0.4 is 5.32 Å². The van der Waals surface area contributed by atoms with Gasteiger partial charge in [-0.3, -0.25) is 4.79 Å². The smallest absolute Gasteiger partial charge is 0.220 e. The van der Waals surface area contributed by atoms with Crippen molar-refractivity contribution in [3.05, 3.63) is 0 Å². The fourth-order valence-corrected chi connectivity index (χ4v) is 3.01. The van der Waals surface area contributed by atoms with E-state index in [-0.39, 0.29) is 5.91 Å². The molecule has 1 aliphatic heterocycles. The minimum absolute atomic E-state index is 0.260. The van der Waals surface area contributed by atoms with Crippen LogP contribution in [0.4, 0.5) is 0 Å². The Hall–Kier alpha value is -0.570. The third kappa shape index (κ3) is 3.98. The molecule has 98 valence electrons. The first-order valence-corrected chi connectivity index (χ1v) is 7.13. The summed E-state index contributed by atoms with van der Waals surface area (Å²) in [5.74, 6) is 1.46. The molecular weight excluding hydrogens is 214 g/mol. The second kappa shape index (κ2) is 6.39. The zero-order valence-corrected chi connectivity index (χ0v) is 10.9. The first-order valence-electron chi connectivity index (χ1n) is 7.13. The highest BCUT2D eigenvalue weighted by Crippen LogP contribution is 2.24. The molecule has 2 atom stereocenters. The monoisotopic (exact) mass is 239 g/mol. The van der Waals surface area contributed by atoms with Crippen molar-refractivity contribution in [3.8, 4) is 0 Å². The minimum Gasteiger partial charge on any atom is -0.381 e. The van der Waals surface area contributed by atoms with Crippen molar-refractivity contribution >= 4 is 5.91 Å². The Labute approximate surface area is 104 Å². The number of rotatable bonds is 3. The first-order chi connectivity index (χ1) is 8.25. The van der Waals surface area contributed by atoms with Gasteiger partial charge in [-0.1, -0.05) is 19.8 Å². The Kier molecular flexibility index (Phi) is 4.84. The van der Waals surface area contributed by atoms with Gasteiger partial charge < -0.3 is 10.1 Å². The van der Waals surface area contributed by atoms with Gasteiger partial charge in [0.05, 0.1) is 0 Å². The molecule has 1 saturated carbocycles. The van der Waals surface area contributed by atoms with Crippen molar-refractivity contribution in [2.45, 2.75) is 57.9 Å². The predicted molar refractivity (Wildman–Crippen MR) is 67.7 cm³/mol. The average Bonchev–Trinajstić information content (AvgIpc) is 2.33. The molecule has 0 spiro atoms.